The van der Waals surface area contributed by atoms with Gasteiger partial charge in [-0.1, -0.05) is 29.8 Å². The van der Waals surface area contributed by atoms with E-state index in [0.717, 1.165) is 24.5 Å². The van der Waals surface area contributed by atoms with Gasteiger partial charge >= 0.3 is 0 Å². The molecular formula is C18H21N3O2. The number of hydrogen-bond acceptors (Lipinski definition) is 4. The average molecular weight is 311 g/mol. The van der Waals surface area contributed by atoms with Gasteiger partial charge in [-0.3, -0.25) is 4.79 Å². The molecule has 0 bridgehead atoms. The van der Waals surface area contributed by atoms with Crippen LogP contribution in [0, 0.1) is 6.92 Å². The third kappa shape index (κ3) is 3.80. The molecule has 1 amide bonds. The number of hydrogen-bond donors (Lipinski definition) is 1. The second-order valence-corrected chi connectivity index (χ2v) is 5.90. The van der Waals surface area contributed by atoms with Gasteiger partial charge in [0.2, 0.25) is 5.91 Å². The summed E-state index contributed by atoms with van der Waals surface area (Å²) in [5.74, 6) is 1.18. The number of anilines is 1. The van der Waals surface area contributed by atoms with Gasteiger partial charge in [0.25, 0.3) is 0 Å². The van der Waals surface area contributed by atoms with E-state index < -0.39 is 0 Å². The van der Waals surface area contributed by atoms with Gasteiger partial charge in [-0.25, -0.2) is 4.98 Å². The normalized spacial score (nSPS) is 14.8. The number of rotatable bonds is 3. The zero-order chi connectivity index (χ0) is 16.2. The first-order valence-electron chi connectivity index (χ1n) is 7.85. The molecule has 0 radical (unpaired) electrons. The molecule has 1 N–H and O–H groups in total. The van der Waals surface area contributed by atoms with E-state index >= 15 is 0 Å². The average Bonchev–Trinajstić information content (AvgIpc) is 2.58. The van der Waals surface area contributed by atoms with Crippen LogP contribution in [0.4, 0.5) is 5.82 Å². The fraction of sp³-hybridized carbons (Fsp3) is 0.333. The first-order chi connectivity index (χ1) is 11.1. The zero-order valence-corrected chi connectivity index (χ0v) is 13.3. The Morgan fingerprint density at radius 3 is 2.39 bits per heavy atom. The first kappa shape index (κ1) is 15.3. The third-order valence-electron chi connectivity index (χ3n) is 4.16. The summed E-state index contributed by atoms with van der Waals surface area (Å²) in [6.45, 7) is 4.97. The van der Waals surface area contributed by atoms with E-state index in [2.05, 4.69) is 9.88 Å². The number of carbonyl (C=O) groups is 1. The standard InChI is InChI=1S/C18H21N3O2/c1-14-2-4-15(5-3-14)12-18(23)21-10-8-20(9-11-21)17-7-6-16(22)13-19-17/h2-7,13,22H,8-12H2,1H3. The molecule has 1 saturated heterocycles. The minimum Gasteiger partial charge on any atom is -0.506 e. The van der Waals surface area contributed by atoms with Crippen LogP contribution >= 0.6 is 0 Å². The second-order valence-electron chi connectivity index (χ2n) is 5.90. The Morgan fingerprint density at radius 1 is 1.09 bits per heavy atom. The van der Waals surface area contributed by atoms with Crippen molar-refractivity contribution < 1.29 is 9.90 Å². The van der Waals surface area contributed by atoms with Crippen LogP contribution in [0.5, 0.6) is 5.75 Å². The first-order valence-corrected chi connectivity index (χ1v) is 7.85. The summed E-state index contributed by atoms with van der Waals surface area (Å²) in [4.78, 5) is 20.7. The highest BCUT2D eigenvalue weighted by molar-refractivity contribution is 5.79. The minimum absolute atomic E-state index is 0.167. The molecule has 2 aromatic rings. The minimum atomic E-state index is 0.167. The van der Waals surface area contributed by atoms with Crippen LogP contribution in [0.2, 0.25) is 0 Å². The Bertz CT molecular complexity index is 660. The molecule has 1 fully saturated rings. The van der Waals surface area contributed by atoms with Crippen LogP contribution in [-0.4, -0.2) is 47.1 Å². The van der Waals surface area contributed by atoms with Crippen molar-refractivity contribution in [2.75, 3.05) is 31.1 Å². The van der Waals surface area contributed by atoms with Crippen LogP contribution in [0.15, 0.2) is 42.6 Å². The van der Waals surface area contributed by atoms with Crippen molar-refractivity contribution in [2.45, 2.75) is 13.3 Å². The lowest BCUT2D eigenvalue weighted by Crippen LogP contribution is -2.49. The number of aromatic hydroxyl groups is 1. The van der Waals surface area contributed by atoms with E-state index in [-0.39, 0.29) is 11.7 Å². The number of nitrogens with zero attached hydrogens (tertiary/aromatic N) is 3. The van der Waals surface area contributed by atoms with Crippen molar-refractivity contribution in [3.8, 4) is 5.75 Å². The van der Waals surface area contributed by atoms with Crippen LogP contribution in [-0.2, 0) is 11.2 Å². The fourth-order valence-corrected chi connectivity index (χ4v) is 2.74. The lowest BCUT2D eigenvalue weighted by molar-refractivity contribution is -0.130. The Kier molecular flexibility index (Phi) is 4.46. The Labute approximate surface area is 136 Å². The Morgan fingerprint density at radius 2 is 1.78 bits per heavy atom. The van der Waals surface area contributed by atoms with Crippen molar-refractivity contribution in [1.82, 2.24) is 9.88 Å². The predicted molar refractivity (Wildman–Crippen MR) is 89.6 cm³/mol. The van der Waals surface area contributed by atoms with E-state index in [9.17, 15) is 9.90 Å². The van der Waals surface area contributed by atoms with Crippen molar-refractivity contribution in [3.05, 3.63) is 53.7 Å². The van der Waals surface area contributed by atoms with Gasteiger partial charge in [-0.05, 0) is 24.6 Å². The fourth-order valence-electron chi connectivity index (χ4n) is 2.74. The number of aromatic nitrogens is 1. The van der Waals surface area contributed by atoms with E-state index in [0.29, 0.717) is 19.5 Å². The number of piperazine rings is 1. The highest BCUT2D eigenvalue weighted by atomic mass is 16.3. The van der Waals surface area contributed by atoms with E-state index in [1.54, 1.807) is 12.1 Å². The van der Waals surface area contributed by atoms with Gasteiger partial charge in [-0.15, -0.1) is 0 Å². The van der Waals surface area contributed by atoms with Crippen molar-refractivity contribution in [3.63, 3.8) is 0 Å². The number of pyridine rings is 1. The summed E-state index contributed by atoms with van der Waals surface area (Å²) in [6, 6.07) is 11.6. The van der Waals surface area contributed by atoms with Gasteiger partial charge in [0.05, 0.1) is 12.6 Å². The number of amides is 1. The van der Waals surface area contributed by atoms with Crippen LogP contribution in [0.3, 0.4) is 0 Å². The molecule has 5 heteroatoms. The SMILES string of the molecule is Cc1ccc(CC(=O)N2CCN(c3ccc(O)cn3)CC2)cc1. The largest absolute Gasteiger partial charge is 0.506 e. The predicted octanol–water partition coefficient (Wildman–Crippen LogP) is 1.99. The van der Waals surface area contributed by atoms with E-state index in [1.807, 2.05) is 36.1 Å². The molecule has 1 aromatic carbocycles. The molecule has 0 saturated carbocycles. The van der Waals surface area contributed by atoms with Crippen LogP contribution in [0.25, 0.3) is 0 Å². The molecule has 0 unspecified atom stereocenters. The topological polar surface area (TPSA) is 56.7 Å². The zero-order valence-electron chi connectivity index (χ0n) is 13.3. The van der Waals surface area contributed by atoms with Crippen molar-refractivity contribution in [1.29, 1.82) is 0 Å². The summed E-state index contributed by atoms with van der Waals surface area (Å²) in [5.41, 5.74) is 2.26. The van der Waals surface area contributed by atoms with E-state index in [4.69, 9.17) is 0 Å². The lowest BCUT2D eigenvalue weighted by Gasteiger charge is -2.35. The van der Waals surface area contributed by atoms with Crippen LogP contribution < -0.4 is 4.90 Å². The van der Waals surface area contributed by atoms with Gasteiger partial charge in [-0.2, -0.15) is 0 Å². The molecule has 1 aromatic heterocycles. The summed E-state index contributed by atoms with van der Waals surface area (Å²) < 4.78 is 0. The molecule has 2 heterocycles. The third-order valence-corrected chi connectivity index (χ3v) is 4.16. The Hall–Kier alpha value is -2.56. The molecule has 0 atom stereocenters. The monoisotopic (exact) mass is 311 g/mol. The summed E-state index contributed by atoms with van der Waals surface area (Å²) in [7, 11) is 0. The molecule has 0 aliphatic carbocycles. The van der Waals surface area contributed by atoms with Gasteiger partial charge < -0.3 is 14.9 Å². The van der Waals surface area contributed by atoms with Gasteiger partial charge in [0.1, 0.15) is 11.6 Å². The molecule has 5 nitrogen and oxygen atoms in total. The maximum Gasteiger partial charge on any atom is 0.227 e. The smallest absolute Gasteiger partial charge is 0.227 e. The van der Waals surface area contributed by atoms with Gasteiger partial charge in [0, 0.05) is 26.2 Å². The molecule has 0 spiro atoms. The summed E-state index contributed by atoms with van der Waals surface area (Å²) in [5, 5.41) is 9.29. The molecule has 1 aliphatic heterocycles. The maximum absolute atomic E-state index is 12.4. The van der Waals surface area contributed by atoms with Crippen molar-refractivity contribution >= 4 is 11.7 Å². The highest BCUT2D eigenvalue weighted by Crippen LogP contribution is 2.17. The van der Waals surface area contributed by atoms with Crippen molar-refractivity contribution in [2.24, 2.45) is 0 Å². The summed E-state index contributed by atoms with van der Waals surface area (Å²) >= 11 is 0. The molecular weight excluding hydrogens is 290 g/mol. The number of carbonyl (C=O) groups excluding carboxylic acids is 1. The summed E-state index contributed by atoms with van der Waals surface area (Å²) in [6.07, 6.45) is 1.90. The second kappa shape index (κ2) is 6.69. The van der Waals surface area contributed by atoms with Gasteiger partial charge in [0.15, 0.2) is 0 Å². The van der Waals surface area contributed by atoms with E-state index in [1.165, 1.54) is 11.8 Å². The molecule has 1 aliphatic rings. The maximum atomic E-state index is 12.4. The number of aryl methyl sites for hydroxylation is 1. The van der Waals surface area contributed by atoms with Crippen LogP contribution in [0.1, 0.15) is 11.1 Å². The highest BCUT2D eigenvalue weighted by Gasteiger charge is 2.21. The Balaban J connectivity index is 1.54. The molecule has 120 valence electrons. The molecule has 3 rings (SSSR count). The lowest BCUT2D eigenvalue weighted by atomic mass is 10.1. The molecule has 23 heavy (non-hydrogen) atoms. The quantitative estimate of drug-likeness (QED) is 0.942. The number of benzene rings is 1.